The van der Waals surface area contributed by atoms with Gasteiger partial charge in [0.15, 0.2) is 0 Å². The molecule has 0 unspecified atom stereocenters. The van der Waals surface area contributed by atoms with Crippen LogP contribution in [0.3, 0.4) is 0 Å². The van der Waals surface area contributed by atoms with Gasteiger partial charge < -0.3 is 0 Å². The second-order valence-corrected chi connectivity index (χ2v) is 22.1. The van der Waals surface area contributed by atoms with Crippen molar-refractivity contribution in [2.75, 3.05) is 7.11 Å². The summed E-state index contributed by atoms with van der Waals surface area (Å²) in [5.74, 6) is -0.245. The molecule has 0 aliphatic heterocycles. The number of carbonyl (C=O) groups excluding carboxylic acids is 1. The van der Waals surface area contributed by atoms with Gasteiger partial charge in [0.05, 0.1) is 0 Å². The predicted molar refractivity (Wildman–Crippen MR) is 116 cm³/mol. The normalized spacial score (nSPS) is 11.5. The monoisotopic (exact) mass is 468 g/mol. The summed E-state index contributed by atoms with van der Waals surface area (Å²) in [5.41, 5.74) is 2.01. The van der Waals surface area contributed by atoms with Crippen molar-refractivity contribution in [2.24, 2.45) is 0 Å². The average Bonchev–Trinajstić information content (AvgIpc) is 2.68. The zero-order valence-electron chi connectivity index (χ0n) is 17.6. The standard InChI is InChI=1S/C11H13O2.3C4H9.Sn/c1-3-4-9-5-7-10(8-6-9)11(12)13-2;3*1-3-4-2;/h5-8H,1,3-4H2,2H3;3*1,3-4H2,2H3;. The average molecular weight is 467 g/mol. The molecule has 0 amide bonds. The molecule has 2 nitrogen and oxygen atoms in total. The van der Waals surface area contributed by atoms with Crippen molar-refractivity contribution in [3.63, 3.8) is 0 Å². The quantitative estimate of drug-likeness (QED) is 0.213. The van der Waals surface area contributed by atoms with Crippen molar-refractivity contribution in [3.05, 3.63) is 35.4 Å². The van der Waals surface area contributed by atoms with Gasteiger partial charge in [-0.25, -0.2) is 0 Å². The molecule has 0 aliphatic rings. The van der Waals surface area contributed by atoms with Crippen LogP contribution in [0.25, 0.3) is 0 Å². The molecule has 1 aromatic rings. The van der Waals surface area contributed by atoms with Crippen molar-refractivity contribution in [1.29, 1.82) is 0 Å². The summed E-state index contributed by atoms with van der Waals surface area (Å²) in [6.07, 6.45) is 10.9. The molecule has 0 saturated heterocycles. The minimum atomic E-state index is -1.98. The van der Waals surface area contributed by atoms with Crippen LogP contribution in [0.15, 0.2) is 24.3 Å². The van der Waals surface area contributed by atoms with E-state index in [4.69, 9.17) is 4.74 Å². The van der Waals surface area contributed by atoms with E-state index in [1.165, 1.54) is 57.6 Å². The fourth-order valence-corrected chi connectivity index (χ4v) is 20.4. The van der Waals surface area contributed by atoms with Crippen molar-refractivity contribution in [2.45, 2.75) is 89.9 Å². The number of aryl methyl sites for hydroxylation is 1. The molecule has 0 bridgehead atoms. The van der Waals surface area contributed by atoms with Gasteiger partial charge in [-0.05, 0) is 0 Å². The molecule has 1 aromatic carbocycles. The van der Waals surface area contributed by atoms with Crippen LogP contribution in [0.1, 0.15) is 81.6 Å². The van der Waals surface area contributed by atoms with Crippen LogP contribution < -0.4 is 0 Å². The summed E-state index contributed by atoms with van der Waals surface area (Å²) < 4.78 is 11.1. The number of rotatable bonds is 14. The van der Waals surface area contributed by atoms with Crippen LogP contribution in [0.2, 0.25) is 17.7 Å². The Balaban J connectivity index is 2.66. The molecule has 0 fully saturated rings. The van der Waals surface area contributed by atoms with Gasteiger partial charge >= 0.3 is 166 Å². The van der Waals surface area contributed by atoms with E-state index in [-0.39, 0.29) is 5.97 Å². The van der Waals surface area contributed by atoms with E-state index >= 15 is 0 Å². The van der Waals surface area contributed by atoms with E-state index < -0.39 is 18.4 Å². The molecule has 0 saturated carbocycles. The Hall–Kier alpha value is -0.511. The number of methoxy groups -OCH3 is 1. The van der Waals surface area contributed by atoms with Crippen LogP contribution in [0.5, 0.6) is 0 Å². The molecule has 0 atom stereocenters. The van der Waals surface area contributed by atoms with Crippen molar-refractivity contribution >= 4 is 24.3 Å². The Morgan fingerprint density at radius 2 is 1.27 bits per heavy atom. The summed E-state index contributed by atoms with van der Waals surface area (Å²) in [4.78, 5) is 11.6. The van der Waals surface area contributed by atoms with E-state index in [2.05, 4.69) is 32.9 Å². The molecule has 3 heteroatoms. The van der Waals surface area contributed by atoms with Gasteiger partial charge in [-0.2, -0.15) is 0 Å². The van der Waals surface area contributed by atoms with E-state index in [1.54, 1.807) is 17.7 Å². The fraction of sp³-hybridized carbons (Fsp3) is 0.696. The first-order valence-corrected chi connectivity index (χ1v) is 18.8. The van der Waals surface area contributed by atoms with E-state index in [9.17, 15) is 4.79 Å². The van der Waals surface area contributed by atoms with Crippen LogP contribution in [0.4, 0.5) is 0 Å². The number of unbranched alkanes of at least 4 members (excludes halogenated alkanes) is 3. The number of hydrogen-bond donors (Lipinski definition) is 0. The number of carbonyl (C=O) groups is 1. The van der Waals surface area contributed by atoms with Gasteiger partial charge in [-0.3, -0.25) is 0 Å². The topological polar surface area (TPSA) is 26.3 Å². The summed E-state index contributed by atoms with van der Waals surface area (Å²) >= 11 is -1.98. The third-order valence-corrected chi connectivity index (χ3v) is 21.9. The first-order chi connectivity index (χ1) is 12.6. The van der Waals surface area contributed by atoms with Crippen LogP contribution in [-0.4, -0.2) is 31.5 Å². The molecule has 0 radical (unpaired) electrons. The molecule has 148 valence electrons. The van der Waals surface area contributed by atoms with Gasteiger partial charge in [0.25, 0.3) is 0 Å². The molecule has 1 rings (SSSR count). The molecule has 0 aromatic heterocycles. The minimum absolute atomic E-state index is 0.245. The van der Waals surface area contributed by atoms with E-state index in [0.29, 0.717) is 5.56 Å². The van der Waals surface area contributed by atoms with Gasteiger partial charge in [0.2, 0.25) is 0 Å². The second kappa shape index (κ2) is 13.6. The van der Waals surface area contributed by atoms with Crippen molar-refractivity contribution in [1.82, 2.24) is 0 Å². The summed E-state index contributed by atoms with van der Waals surface area (Å²) in [6, 6.07) is 8.02. The number of ether oxygens (including phenoxy) is 1. The Bertz CT molecular complexity index is 474. The van der Waals surface area contributed by atoms with Gasteiger partial charge in [-0.15, -0.1) is 0 Å². The molecular formula is C23H40O2Sn. The van der Waals surface area contributed by atoms with Gasteiger partial charge in [0, 0.05) is 0 Å². The molecular weight excluding hydrogens is 427 g/mol. The van der Waals surface area contributed by atoms with E-state index in [1.807, 2.05) is 12.1 Å². The maximum atomic E-state index is 11.6. The molecule has 0 N–H and O–H groups in total. The fourth-order valence-electron chi connectivity index (χ4n) is 4.00. The second-order valence-electron chi connectivity index (χ2n) is 7.85. The summed E-state index contributed by atoms with van der Waals surface area (Å²) in [7, 11) is 1.44. The zero-order chi connectivity index (χ0) is 19.3. The number of hydrogen-bond acceptors (Lipinski definition) is 2. The van der Waals surface area contributed by atoms with Gasteiger partial charge in [0.1, 0.15) is 0 Å². The van der Waals surface area contributed by atoms with Gasteiger partial charge in [-0.1, -0.05) is 0 Å². The van der Waals surface area contributed by atoms with Crippen molar-refractivity contribution in [3.8, 4) is 0 Å². The maximum absolute atomic E-state index is 11.6. The SMILES string of the molecule is CCC[CH2][Sn]([CH2]CCC)([CH2]CCC)[CH2]CCc1ccc(C(=O)OC)cc1. The zero-order valence-corrected chi connectivity index (χ0v) is 20.5. The number of benzene rings is 1. The predicted octanol–water partition coefficient (Wildman–Crippen LogP) is 7.25. The third-order valence-electron chi connectivity index (χ3n) is 5.73. The van der Waals surface area contributed by atoms with Crippen molar-refractivity contribution < 1.29 is 9.53 Å². The third kappa shape index (κ3) is 8.45. The Labute approximate surface area is 166 Å². The molecule has 0 spiro atoms. The van der Waals surface area contributed by atoms with Crippen LogP contribution in [0, 0.1) is 0 Å². The number of esters is 1. The summed E-state index contributed by atoms with van der Waals surface area (Å²) in [6.45, 7) is 7.04. The Morgan fingerprint density at radius 1 is 0.808 bits per heavy atom. The summed E-state index contributed by atoms with van der Waals surface area (Å²) in [5, 5.41) is 0. The first-order valence-electron chi connectivity index (χ1n) is 10.8. The Kier molecular flexibility index (Phi) is 12.3. The first kappa shape index (κ1) is 23.5. The Morgan fingerprint density at radius 3 is 1.69 bits per heavy atom. The van der Waals surface area contributed by atoms with Crippen LogP contribution in [-0.2, 0) is 11.2 Å². The molecule has 26 heavy (non-hydrogen) atoms. The molecule has 0 aliphatic carbocycles. The molecule has 0 heterocycles. The van der Waals surface area contributed by atoms with E-state index in [0.717, 1.165) is 6.42 Å². The van der Waals surface area contributed by atoms with Crippen LogP contribution >= 0.6 is 0 Å².